The van der Waals surface area contributed by atoms with E-state index in [0.717, 1.165) is 19.3 Å². The average Bonchev–Trinajstić information content (AvgIpc) is 2.25. The molecule has 0 saturated carbocycles. The van der Waals surface area contributed by atoms with E-state index in [1.807, 2.05) is 6.07 Å². The van der Waals surface area contributed by atoms with Crippen molar-refractivity contribution >= 4 is 5.78 Å². The SMILES string of the molecule is [CH2-]CC(=O)CCCCc1ccccc1.[Y]. The first kappa shape index (κ1) is 15.0. The van der Waals surface area contributed by atoms with Gasteiger partial charge in [-0.3, -0.25) is 0 Å². The van der Waals surface area contributed by atoms with Crippen LogP contribution in [-0.2, 0) is 43.9 Å². The van der Waals surface area contributed by atoms with Crippen molar-refractivity contribution in [2.24, 2.45) is 0 Å². The van der Waals surface area contributed by atoms with Crippen molar-refractivity contribution in [1.82, 2.24) is 0 Å². The zero-order valence-corrected chi connectivity index (χ0v) is 12.0. The number of benzene rings is 1. The van der Waals surface area contributed by atoms with Gasteiger partial charge in [-0.2, -0.15) is 0 Å². The predicted octanol–water partition coefficient (Wildman–Crippen LogP) is 3.19. The van der Waals surface area contributed by atoms with E-state index in [1.165, 1.54) is 5.56 Å². The van der Waals surface area contributed by atoms with E-state index in [2.05, 4.69) is 31.2 Å². The molecule has 0 bridgehead atoms. The van der Waals surface area contributed by atoms with Crippen LogP contribution in [0.4, 0.5) is 0 Å². The molecule has 0 aliphatic carbocycles. The minimum atomic E-state index is 0. The van der Waals surface area contributed by atoms with Gasteiger partial charge >= 0.3 is 0 Å². The second kappa shape index (κ2) is 9.24. The maximum atomic E-state index is 11.0. The molecule has 1 rings (SSSR count). The number of unbranched alkanes of at least 4 members (excludes halogenated alkanes) is 1. The van der Waals surface area contributed by atoms with Gasteiger partial charge in [-0.05, 0) is 24.8 Å². The number of carbonyl (C=O) groups excluding carboxylic acids is 1. The first-order valence-electron chi connectivity index (χ1n) is 5.18. The van der Waals surface area contributed by atoms with Crippen LogP contribution in [0.2, 0.25) is 0 Å². The topological polar surface area (TPSA) is 17.1 Å². The van der Waals surface area contributed by atoms with E-state index in [-0.39, 0.29) is 38.5 Å². The van der Waals surface area contributed by atoms with Gasteiger partial charge in [0.2, 0.25) is 0 Å². The largest absolute Gasteiger partial charge is 0.336 e. The van der Waals surface area contributed by atoms with Gasteiger partial charge in [0, 0.05) is 39.1 Å². The van der Waals surface area contributed by atoms with Gasteiger partial charge < -0.3 is 11.7 Å². The predicted molar refractivity (Wildman–Crippen MR) is 59.0 cm³/mol. The normalized spacial score (nSPS) is 9.40. The molecule has 0 atom stereocenters. The summed E-state index contributed by atoms with van der Waals surface area (Å²) in [6, 6.07) is 10.4. The zero-order chi connectivity index (χ0) is 10.2. The van der Waals surface area contributed by atoms with Crippen LogP contribution in [0.5, 0.6) is 0 Å². The molecule has 1 radical (unpaired) electrons. The van der Waals surface area contributed by atoms with Crippen LogP contribution < -0.4 is 0 Å². The van der Waals surface area contributed by atoms with E-state index < -0.39 is 0 Å². The first-order chi connectivity index (χ1) is 6.83. The average molecular weight is 278 g/mol. The quantitative estimate of drug-likeness (QED) is 0.577. The molecule has 0 aromatic heterocycles. The molecular formula is C13H17OY-. The molecule has 0 amide bonds. The Morgan fingerprint density at radius 2 is 1.80 bits per heavy atom. The molecular weight excluding hydrogens is 261 g/mol. The maximum Gasteiger partial charge on any atom is 0.103 e. The van der Waals surface area contributed by atoms with Gasteiger partial charge in [0.25, 0.3) is 0 Å². The van der Waals surface area contributed by atoms with Gasteiger partial charge in [-0.1, -0.05) is 30.3 Å². The number of ketones is 1. The summed E-state index contributed by atoms with van der Waals surface area (Å²) in [6.45, 7) is 3.57. The molecule has 1 aromatic carbocycles. The fourth-order valence-electron chi connectivity index (χ4n) is 1.42. The molecule has 0 saturated heterocycles. The first-order valence-corrected chi connectivity index (χ1v) is 5.18. The molecule has 15 heavy (non-hydrogen) atoms. The van der Waals surface area contributed by atoms with Crippen LogP contribution >= 0.6 is 0 Å². The molecule has 79 valence electrons. The summed E-state index contributed by atoms with van der Waals surface area (Å²) in [5.41, 5.74) is 1.36. The molecule has 1 nitrogen and oxygen atoms in total. The summed E-state index contributed by atoms with van der Waals surface area (Å²) < 4.78 is 0. The number of hydrogen-bond acceptors (Lipinski definition) is 1. The monoisotopic (exact) mass is 278 g/mol. The van der Waals surface area contributed by atoms with Gasteiger partial charge in [0.15, 0.2) is 0 Å². The third-order valence-electron chi connectivity index (χ3n) is 2.29. The van der Waals surface area contributed by atoms with Crippen molar-refractivity contribution in [3.63, 3.8) is 0 Å². The Morgan fingerprint density at radius 3 is 2.40 bits per heavy atom. The van der Waals surface area contributed by atoms with Crippen LogP contribution in [0.25, 0.3) is 0 Å². The van der Waals surface area contributed by atoms with Gasteiger partial charge in [0.05, 0.1) is 0 Å². The molecule has 1 aromatic rings. The maximum absolute atomic E-state index is 11.0. The molecule has 0 aliphatic rings. The van der Waals surface area contributed by atoms with Crippen molar-refractivity contribution in [3.05, 3.63) is 42.8 Å². The fourth-order valence-corrected chi connectivity index (χ4v) is 1.42. The number of carbonyl (C=O) groups is 1. The van der Waals surface area contributed by atoms with Crippen molar-refractivity contribution in [3.8, 4) is 0 Å². The van der Waals surface area contributed by atoms with E-state index >= 15 is 0 Å². The third kappa shape index (κ3) is 6.97. The van der Waals surface area contributed by atoms with Crippen LogP contribution in [0.15, 0.2) is 30.3 Å². The van der Waals surface area contributed by atoms with Crippen LogP contribution in [0.3, 0.4) is 0 Å². The van der Waals surface area contributed by atoms with Crippen LogP contribution in [0.1, 0.15) is 31.2 Å². The van der Waals surface area contributed by atoms with Crippen molar-refractivity contribution in [1.29, 1.82) is 0 Å². The Labute approximate surface area is 118 Å². The Morgan fingerprint density at radius 1 is 1.13 bits per heavy atom. The van der Waals surface area contributed by atoms with Gasteiger partial charge in [-0.15, -0.1) is 6.42 Å². The summed E-state index contributed by atoms with van der Waals surface area (Å²) in [6.07, 6.45) is 4.28. The molecule has 0 fully saturated rings. The molecule has 0 unspecified atom stereocenters. The van der Waals surface area contributed by atoms with Crippen molar-refractivity contribution in [2.75, 3.05) is 0 Å². The third-order valence-corrected chi connectivity index (χ3v) is 2.29. The zero-order valence-electron chi connectivity index (χ0n) is 9.11. The van der Waals surface area contributed by atoms with Crippen molar-refractivity contribution < 1.29 is 37.5 Å². The van der Waals surface area contributed by atoms with E-state index in [9.17, 15) is 4.79 Å². The van der Waals surface area contributed by atoms with E-state index in [1.54, 1.807) is 0 Å². The second-order valence-electron chi connectivity index (χ2n) is 3.48. The molecule has 0 spiro atoms. The molecule has 2 heteroatoms. The summed E-state index contributed by atoms with van der Waals surface area (Å²) in [5, 5.41) is 0. The molecule has 0 heterocycles. The Kier molecular flexibility index (Phi) is 9.23. The summed E-state index contributed by atoms with van der Waals surface area (Å²) in [7, 11) is 0. The van der Waals surface area contributed by atoms with Crippen molar-refractivity contribution in [2.45, 2.75) is 32.1 Å². The van der Waals surface area contributed by atoms with Gasteiger partial charge in [-0.25, -0.2) is 0 Å². The minimum Gasteiger partial charge on any atom is -0.336 e. The number of aryl methyl sites for hydroxylation is 1. The Balaban J connectivity index is 0.00000196. The van der Waals surface area contributed by atoms with Crippen LogP contribution in [-0.4, -0.2) is 5.78 Å². The molecule has 0 N–H and O–H groups in total. The number of Topliss-reactive ketones (excluding diaryl/α,β-unsaturated/α-hetero) is 1. The summed E-state index contributed by atoms with van der Waals surface area (Å²) in [5.74, 6) is 0.276. The summed E-state index contributed by atoms with van der Waals surface area (Å²) in [4.78, 5) is 11.0. The summed E-state index contributed by atoms with van der Waals surface area (Å²) >= 11 is 0. The number of hydrogen-bond donors (Lipinski definition) is 0. The van der Waals surface area contributed by atoms with Gasteiger partial charge in [0.1, 0.15) is 5.78 Å². The van der Waals surface area contributed by atoms with E-state index in [4.69, 9.17) is 0 Å². The smallest absolute Gasteiger partial charge is 0.103 e. The van der Waals surface area contributed by atoms with Crippen LogP contribution in [0, 0.1) is 6.92 Å². The Hall–Kier alpha value is -0.00610. The Bertz CT molecular complexity index is 269. The standard InChI is InChI=1S/C13H17O.Y/c1-2-13(14)11-7-6-10-12-8-4-3-5-9-12;/h3-5,8-9H,1-2,6-7,10-11H2;/q-1;. The molecule has 0 aliphatic heterocycles. The number of rotatable bonds is 6. The van der Waals surface area contributed by atoms with E-state index in [0.29, 0.717) is 12.8 Å². The fraction of sp³-hybridized carbons (Fsp3) is 0.385. The minimum absolute atomic E-state index is 0. The second-order valence-corrected chi connectivity index (χ2v) is 3.48.